The molecule has 0 radical (unpaired) electrons. The highest BCUT2D eigenvalue weighted by molar-refractivity contribution is 5.89. The fraction of sp³-hybridized carbons (Fsp3) is 0.839. The second kappa shape index (κ2) is 39.8. The number of methoxy groups -OCH3 is 1. The average molecular weight is 1950 g/mol. The van der Waals surface area contributed by atoms with E-state index in [2.05, 4.69) is 120 Å². The fourth-order valence-electron chi connectivity index (χ4n) is 42.0. The molecule has 21 aliphatic rings. The third-order valence-corrected chi connectivity index (χ3v) is 49.0. The molecule has 0 aromatic heterocycles. The number of hydrogen-bond donors (Lipinski definition) is 1. The lowest BCUT2D eigenvalue weighted by atomic mass is 9.44. The molecular weight excluding hydrogens is 1760 g/mol. The second-order valence-corrected chi connectivity index (χ2v) is 54.3. The van der Waals surface area contributed by atoms with Gasteiger partial charge < -0.3 is 34.2 Å². The zero-order chi connectivity index (χ0) is 102. The van der Waals surface area contributed by atoms with Crippen molar-refractivity contribution in [2.75, 3.05) is 20.4 Å². The summed E-state index contributed by atoms with van der Waals surface area (Å²) in [5.41, 5.74) is 15.4. The molecule has 2 N–H and O–H groups in total. The highest BCUT2D eigenvalue weighted by atomic mass is 16.7. The number of fused-ring (bicyclic) bond motifs is 27. The summed E-state index contributed by atoms with van der Waals surface area (Å²) in [6.45, 7) is 47.5. The van der Waals surface area contributed by atoms with Gasteiger partial charge in [-0.3, -0.25) is 47.9 Å². The lowest BCUT2D eigenvalue weighted by molar-refractivity contribution is -0.153. The first-order chi connectivity index (χ1) is 66.5. The quantitative estimate of drug-likeness (QED) is 0.0734. The number of rotatable bonds is 14. The van der Waals surface area contributed by atoms with Gasteiger partial charge in [0, 0.05) is 102 Å². The zero-order valence-corrected chi connectivity index (χ0v) is 91.8. The van der Waals surface area contributed by atoms with Crippen molar-refractivity contribution in [2.24, 2.45) is 201 Å². The van der Waals surface area contributed by atoms with Crippen LogP contribution in [0.25, 0.3) is 0 Å². The molecule has 0 saturated heterocycles. The summed E-state index contributed by atoms with van der Waals surface area (Å²) in [6.07, 6.45) is 56.4. The van der Waals surface area contributed by atoms with Crippen LogP contribution in [0.2, 0.25) is 0 Å². The monoisotopic (exact) mass is 1950 g/mol. The predicted molar refractivity (Wildman–Crippen MR) is 551 cm³/mol. The first-order valence-corrected chi connectivity index (χ1v) is 57.5. The predicted octanol–water partition coefficient (Wildman–Crippen LogP) is 26.3. The van der Waals surface area contributed by atoms with Crippen molar-refractivity contribution >= 4 is 58.6 Å². The summed E-state index contributed by atoms with van der Waals surface area (Å²) >= 11 is 0. The minimum absolute atomic E-state index is 0.0298. The average Bonchev–Trinajstić information content (AvgIpc) is 1.54. The third-order valence-electron chi connectivity index (χ3n) is 49.0. The van der Waals surface area contributed by atoms with Crippen LogP contribution in [0.3, 0.4) is 0 Å². The highest BCUT2D eigenvalue weighted by Crippen LogP contribution is 2.78. The normalized spacial score (nSPS) is 48.2. The largest absolute Gasteiger partial charge is 0.462 e. The molecule has 16 saturated carbocycles. The summed E-state index contributed by atoms with van der Waals surface area (Å²) in [7, 11) is 1.70. The lowest BCUT2D eigenvalue weighted by Gasteiger charge is -2.60. The maximum atomic E-state index is 13.2. The molecule has 17 nitrogen and oxygen atoms in total. The number of ketones is 6. The van der Waals surface area contributed by atoms with Gasteiger partial charge in [0.1, 0.15) is 65.9 Å². The van der Waals surface area contributed by atoms with Crippen molar-refractivity contribution in [1.29, 1.82) is 0 Å². The summed E-state index contributed by atoms with van der Waals surface area (Å²) in [6, 6.07) is 0. The molecule has 16 fully saturated rings. The van der Waals surface area contributed by atoms with Gasteiger partial charge in [-0.15, -0.1) is 0 Å². The smallest absolute Gasteiger partial charge is 0.302 e. The van der Waals surface area contributed by atoms with Gasteiger partial charge in [0.05, 0.1) is 6.10 Å². The molecule has 0 heterocycles. The van der Waals surface area contributed by atoms with Gasteiger partial charge in [-0.25, -0.2) is 0 Å². The molecule has 21 aliphatic carbocycles. The van der Waals surface area contributed by atoms with Crippen LogP contribution in [-0.4, -0.2) is 110 Å². The Morgan fingerprint density at radius 3 is 1.06 bits per heavy atom. The van der Waals surface area contributed by atoms with Gasteiger partial charge in [0.2, 0.25) is 0 Å². The Morgan fingerprint density at radius 2 is 0.702 bits per heavy atom. The van der Waals surface area contributed by atoms with Gasteiger partial charge in [-0.05, 0) is 420 Å². The summed E-state index contributed by atoms with van der Waals surface area (Å²) < 4.78 is 33.2. The van der Waals surface area contributed by atoms with E-state index in [1.807, 2.05) is 20.8 Å². The van der Waals surface area contributed by atoms with Crippen molar-refractivity contribution in [1.82, 2.24) is 0 Å². The molecule has 0 aromatic rings. The first-order valence-electron chi connectivity index (χ1n) is 57.5. The second-order valence-electron chi connectivity index (χ2n) is 54.3. The minimum Gasteiger partial charge on any atom is -0.462 e. The van der Waals surface area contributed by atoms with Crippen molar-refractivity contribution in [3.05, 3.63) is 58.2 Å². The van der Waals surface area contributed by atoms with E-state index in [1.165, 1.54) is 128 Å². The van der Waals surface area contributed by atoms with E-state index in [0.29, 0.717) is 155 Å². The maximum Gasteiger partial charge on any atom is 0.302 e. The molecule has 0 aliphatic heterocycles. The van der Waals surface area contributed by atoms with Crippen LogP contribution in [0.1, 0.15) is 409 Å². The van der Waals surface area contributed by atoms with Crippen LogP contribution < -0.4 is 5.73 Å². The number of ether oxygens (including phenoxy) is 6. The number of carbonyl (C=O) groups is 10. The standard InChI is InChI=1S/C27H38O4.2C25H38O3.C24H37NO3.C23H36O3/c1-16(28)27-12-7-20(30)13-19(27)15-24-22-6-5-18-14-21(31-17(2)29)8-10-25(18,3)23(22)9-11-26(24,27)4;1-15-13-22-20-8-7-18-14-19(28-17(3)27)9-11-23(18,4)21(20)10-12-24(22,5)25(15,6)16(2)26;1-6-17-13-22-20-8-7-18-14-19(28-16(3)27)9-11-24(18,4)21(20)10-12-25(22,5)23(17)15(2)26;1-14(26)22-16(13-25)11-21-19-6-5-17-12-18(28-15(2)27)7-9-23(17,3)20(19)8-10-24(21,22)4;1-15(24)19-7-8-20-18-6-5-16-13-17(26-14-25-4)9-11-22(16,2)21(18)10-12-23(19,20)3/h5,19,21-24H,6-15H2,1-4H3;7,15,19-22H,8-14H2,1-6H3;7,17,19-23H,6,8-14H2,1-5H3;5,16,18-22H,6-13,25H2,1-4H3;5,17-21H,6-14H2,1-4H3/t;15-,19+,20?,21?,22?,23+,24+,25-;17-,19+,20?,21?,22?,23+,24+,25+;16-,18?,19?,20?,21?,22-,23-,24-;/m.110./s1. The van der Waals surface area contributed by atoms with E-state index in [0.717, 1.165) is 190 Å². The van der Waals surface area contributed by atoms with Crippen molar-refractivity contribution < 1.29 is 76.4 Å². The van der Waals surface area contributed by atoms with E-state index >= 15 is 0 Å². The molecule has 17 heteroatoms. The Balaban J connectivity index is 0.000000122. The highest BCUT2D eigenvalue weighted by Gasteiger charge is 2.73. The Kier molecular flexibility index (Phi) is 30.1. The van der Waals surface area contributed by atoms with Gasteiger partial charge in [0.15, 0.2) is 0 Å². The third kappa shape index (κ3) is 17.8. The van der Waals surface area contributed by atoms with Crippen LogP contribution >= 0.6 is 0 Å². The van der Waals surface area contributed by atoms with Crippen molar-refractivity contribution in [3.8, 4) is 0 Å². The van der Waals surface area contributed by atoms with E-state index in [1.54, 1.807) is 32.1 Å². The van der Waals surface area contributed by atoms with Gasteiger partial charge >= 0.3 is 23.9 Å². The number of nitrogens with two attached hydrogens (primary N) is 1. The Hall–Kier alpha value is -5.52. The molecule has 0 bridgehead atoms. The molecular formula is C124H187NO16. The Morgan fingerprint density at radius 1 is 0.355 bits per heavy atom. The maximum absolute atomic E-state index is 13.2. The summed E-state index contributed by atoms with van der Waals surface area (Å²) in [5.74, 6) is 14.3. The molecule has 0 amide bonds. The van der Waals surface area contributed by atoms with Gasteiger partial charge in [-0.2, -0.15) is 0 Å². The van der Waals surface area contributed by atoms with E-state index in [9.17, 15) is 47.9 Å². The fourth-order valence-corrected chi connectivity index (χ4v) is 42.0. The zero-order valence-electron chi connectivity index (χ0n) is 91.8. The van der Waals surface area contributed by atoms with Crippen LogP contribution in [0.15, 0.2) is 58.2 Å². The summed E-state index contributed by atoms with van der Waals surface area (Å²) in [4.78, 5) is 121. The van der Waals surface area contributed by atoms with Crippen molar-refractivity contribution in [2.45, 2.75) is 440 Å². The Bertz CT molecular complexity index is 4850. The molecule has 784 valence electrons. The van der Waals surface area contributed by atoms with E-state index < -0.39 is 0 Å². The molecule has 0 spiro atoms. The lowest BCUT2D eigenvalue weighted by Crippen LogP contribution is -2.55. The van der Waals surface area contributed by atoms with Crippen molar-refractivity contribution in [3.63, 3.8) is 0 Å². The van der Waals surface area contributed by atoms with Gasteiger partial charge in [-0.1, -0.05) is 155 Å². The molecule has 25 unspecified atom stereocenters. The van der Waals surface area contributed by atoms with Crippen LogP contribution in [0.4, 0.5) is 0 Å². The van der Waals surface area contributed by atoms with Crippen LogP contribution in [0.5, 0.6) is 0 Å². The number of esters is 4. The van der Waals surface area contributed by atoms with E-state index in [4.69, 9.17) is 34.2 Å². The number of hydrogen-bond acceptors (Lipinski definition) is 17. The molecule has 21 rings (SSSR count). The first kappa shape index (κ1) is 107. The van der Waals surface area contributed by atoms with Crippen LogP contribution in [0, 0.1) is 195 Å². The topological polar surface area (TPSA) is 252 Å². The summed E-state index contributed by atoms with van der Waals surface area (Å²) in [5, 5.41) is 0. The number of Topliss-reactive ketones (excluding diaryl/α,β-unsaturated/α-hetero) is 6. The van der Waals surface area contributed by atoms with E-state index in [-0.39, 0.29) is 126 Å². The number of carbonyl (C=O) groups excluding carboxylic acids is 10. The SMILES string of the molecule is CC(=O)OC1CCC2(C)C(=CCC3C2CCC2(C)C3CC3CC(=O)CCC32C(C)=O)C1.CC(=O)OC1CC[C@@]2(C)C(=CCC3C2CC[C@@]2(C)C3C[C@@H](CN)[C@@H]2C(C)=O)C1.CC(=O)O[C@H]1CC[C@@]2(C)C(=CCC3C2CC[C@@]2(C)C3C[C@@H](C)[C@]2(C)C(C)=O)C1.CC[C@@H]1CC2C3CC=C4C[C@@H](OC(C)=O)CC[C@]4(C)C3CC[C@]2(C)[C@H]1C(C)=O.COCOC1CCC2(C)C(=CCC3C2CCC2(C)C(C(C)=O)CCC32)C1. The molecule has 141 heavy (non-hydrogen) atoms. The number of allylic oxidation sites excluding steroid dienone is 5. The molecule has 0 aromatic carbocycles. The van der Waals surface area contributed by atoms with Crippen LogP contribution in [-0.2, 0) is 76.4 Å². The Labute approximate surface area is 849 Å². The van der Waals surface area contributed by atoms with Gasteiger partial charge in [0.25, 0.3) is 0 Å². The minimum atomic E-state index is -0.283. The molecule has 39 atom stereocenters.